The fourth-order valence-corrected chi connectivity index (χ4v) is 4.30. The van der Waals surface area contributed by atoms with E-state index in [2.05, 4.69) is 4.98 Å². The lowest BCUT2D eigenvalue weighted by Crippen LogP contribution is -2.17. The molecule has 0 atom stereocenters. The van der Waals surface area contributed by atoms with Gasteiger partial charge in [-0.05, 0) is 44.1 Å². The number of pyridine rings is 1. The first-order valence-corrected chi connectivity index (χ1v) is 9.61. The maximum atomic E-state index is 12.3. The van der Waals surface area contributed by atoms with Crippen LogP contribution in [0.2, 0.25) is 0 Å². The van der Waals surface area contributed by atoms with Gasteiger partial charge in [-0.2, -0.15) is 0 Å². The molecular weight excluding hydrogens is 302 g/mol. The third-order valence-corrected chi connectivity index (χ3v) is 5.82. The van der Waals surface area contributed by atoms with Crippen molar-refractivity contribution in [2.24, 2.45) is 5.92 Å². The zero-order valence-corrected chi connectivity index (χ0v) is 14.2. The lowest BCUT2D eigenvalue weighted by atomic mass is 9.95. The van der Waals surface area contributed by atoms with Gasteiger partial charge in [-0.15, -0.1) is 0 Å². The second-order valence-corrected chi connectivity index (χ2v) is 8.07. The molecule has 0 saturated carbocycles. The van der Waals surface area contributed by atoms with Crippen LogP contribution in [0.4, 0.5) is 0 Å². The van der Waals surface area contributed by atoms with E-state index in [1.807, 2.05) is 6.92 Å². The largest absolute Gasteiger partial charge is 0.481 e. The number of nitrogens with zero attached hydrogens (tertiary/aromatic N) is 1. The normalized spacial score (nSPS) is 16.6. The minimum absolute atomic E-state index is 0.0591. The average molecular weight is 327 g/mol. The fraction of sp³-hybridized carbons (Fsp3) is 0.688. The van der Waals surface area contributed by atoms with E-state index in [1.54, 1.807) is 19.2 Å². The number of hydrogen-bond acceptors (Lipinski definition) is 5. The van der Waals surface area contributed by atoms with Crippen LogP contribution in [0.15, 0.2) is 12.1 Å². The second kappa shape index (κ2) is 7.92. The van der Waals surface area contributed by atoms with Gasteiger partial charge in [0.15, 0.2) is 9.84 Å². The van der Waals surface area contributed by atoms with Gasteiger partial charge in [0.25, 0.3) is 0 Å². The molecule has 0 bridgehead atoms. The number of sulfone groups is 1. The van der Waals surface area contributed by atoms with Crippen molar-refractivity contribution in [1.29, 1.82) is 0 Å². The summed E-state index contributed by atoms with van der Waals surface area (Å²) >= 11 is 0. The van der Waals surface area contributed by atoms with Gasteiger partial charge in [0, 0.05) is 25.0 Å². The van der Waals surface area contributed by atoms with E-state index in [1.165, 1.54) is 0 Å². The Kier molecular flexibility index (Phi) is 6.20. The smallest absolute Gasteiger partial charge is 0.213 e. The molecular formula is C16H25NO4S. The molecule has 0 amide bonds. The van der Waals surface area contributed by atoms with E-state index in [0.717, 1.165) is 44.5 Å². The summed E-state index contributed by atoms with van der Waals surface area (Å²) in [5, 5.41) is 0. The number of rotatable bonds is 7. The van der Waals surface area contributed by atoms with E-state index < -0.39 is 9.84 Å². The Bertz CT molecular complexity index is 580. The summed E-state index contributed by atoms with van der Waals surface area (Å²) in [6, 6.07) is 3.50. The molecule has 2 heterocycles. The van der Waals surface area contributed by atoms with Crippen LogP contribution in [0.1, 0.15) is 36.9 Å². The predicted octanol–water partition coefficient (Wildman–Crippen LogP) is 2.52. The van der Waals surface area contributed by atoms with Gasteiger partial charge >= 0.3 is 0 Å². The van der Waals surface area contributed by atoms with Crippen LogP contribution in [0.3, 0.4) is 0 Å². The molecule has 124 valence electrons. The quantitative estimate of drug-likeness (QED) is 0.770. The Balaban J connectivity index is 1.85. The molecule has 0 aliphatic carbocycles. The van der Waals surface area contributed by atoms with E-state index in [0.29, 0.717) is 17.5 Å². The number of hydrogen-bond donors (Lipinski definition) is 0. The molecule has 5 nitrogen and oxygen atoms in total. The van der Waals surface area contributed by atoms with Gasteiger partial charge in [-0.25, -0.2) is 13.4 Å². The molecule has 0 N–H and O–H groups in total. The van der Waals surface area contributed by atoms with Gasteiger partial charge in [0.05, 0.1) is 18.6 Å². The first-order valence-electron chi connectivity index (χ1n) is 7.79. The van der Waals surface area contributed by atoms with Crippen LogP contribution in [0.25, 0.3) is 0 Å². The van der Waals surface area contributed by atoms with Gasteiger partial charge < -0.3 is 9.47 Å². The summed E-state index contributed by atoms with van der Waals surface area (Å²) in [6.07, 6.45) is 3.82. The minimum Gasteiger partial charge on any atom is -0.481 e. The Morgan fingerprint density at radius 3 is 2.68 bits per heavy atom. The third kappa shape index (κ3) is 5.25. The summed E-state index contributed by atoms with van der Waals surface area (Å²) in [6.45, 7) is 3.44. The van der Waals surface area contributed by atoms with Crippen molar-refractivity contribution in [3.63, 3.8) is 0 Å². The van der Waals surface area contributed by atoms with Crippen LogP contribution in [0.5, 0.6) is 5.88 Å². The van der Waals surface area contributed by atoms with Crippen molar-refractivity contribution in [2.75, 3.05) is 26.1 Å². The zero-order valence-electron chi connectivity index (χ0n) is 13.4. The summed E-state index contributed by atoms with van der Waals surface area (Å²) in [5.74, 6) is 1.44. The highest BCUT2D eigenvalue weighted by Gasteiger charge is 2.17. The number of methoxy groups -OCH3 is 1. The minimum atomic E-state index is -3.09. The average Bonchev–Trinajstić information content (AvgIpc) is 2.50. The van der Waals surface area contributed by atoms with Crippen LogP contribution >= 0.6 is 0 Å². The van der Waals surface area contributed by atoms with Crippen molar-refractivity contribution < 1.29 is 17.9 Å². The number of ether oxygens (including phenoxy) is 2. The molecule has 1 aromatic rings. The van der Waals surface area contributed by atoms with E-state index >= 15 is 0 Å². The Morgan fingerprint density at radius 2 is 2.05 bits per heavy atom. The highest BCUT2D eigenvalue weighted by atomic mass is 32.2. The number of aromatic nitrogens is 1. The highest BCUT2D eigenvalue weighted by molar-refractivity contribution is 7.90. The van der Waals surface area contributed by atoms with Crippen molar-refractivity contribution in [2.45, 2.75) is 38.4 Å². The molecule has 1 aliphatic rings. The molecule has 6 heteroatoms. The maximum absolute atomic E-state index is 12.3. The molecule has 1 saturated heterocycles. The van der Waals surface area contributed by atoms with Crippen LogP contribution in [-0.2, 0) is 20.3 Å². The fourth-order valence-electron chi connectivity index (χ4n) is 2.77. The highest BCUT2D eigenvalue weighted by Crippen LogP contribution is 2.21. The van der Waals surface area contributed by atoms with E-state index in [-0.39, 0.29) is 11.5 Å². The number of aryl methyl sites for hydroxylation is 1. The first kappa shape index (κ1) is 17.2. The topological polar surface area (TPSA) is 65.5 Å². The van der Waals surface area contributed by atoms with Gasteiger partial charge in [-0.1, -0.05) is 6.07 Å². The standard InChI is InChI=1S/C16H25NO4S/c1-13-15(5-6-16(17-13)20-2)12-22(18,19)11-3-4-14-7-9-21-10-8-14/h5-6,14H,3-4,7-12H2,1-2H3. The molecule has 22 heavy (non-hydrogen) atoms. The lowest BCUT2D eigenvalue weighted by molar-refractivity contribution is 0.0638. The maximum Gasteiger partial charge on any atom is 0.213 e. The molecule has 2 rings (SSSR count). The Labute approximate surface area is 133 Å². The molecule has 1 fully saturated rings. The first-order chi connectivity index (χ1) is 10.5. The summed E-state index contributed by atoms with van der Waals surface area (Å²) in [4.78, 5) is 4.23. The third-order valence-electron chi connectivity index (χ3n) is 4.16. The van der Waals surface area contributed by atoms with Crippen LogP contribution in [0, 0.1) is 12.8 Å². The van der Waals surface area contributed by atoms with Crippen molar-refractivity contribution in [3.05, 3.63) is 23.4 Å². The van der Waals surface area contributed by atoms with Crippen molar-refractivity contribution >= 4 is 9.84 Å². The van der Waals surface area contributed by atoms with Crippen LogP contribution < -0.4 is 4.74 Å². The summed E-state index contributed by atoms with van der Waals surface area (Å²) in [7, 11) is -1.54. The predicted molar refractivity (Wildman–Crippen MR) is 85.8 cm³/mol. The molecule has 1 aliphatic heterocycles. The Morgan fingerprint density at radius 1 is 1.32 bits per heavy atom. The molecule has 0 aromatic carbocycles. The van der Waals surface area contributed by atoms with Crippen LogP contribution in [-0.4, -0.2) is 39.5 Å². The van der Waals surface area contributed by atoms with Gasteiger partial charge in [0.1, 0.15) is 0 Å². The van der Waals surface area contributed by atoms with E-state index in [4.69, 9.17) is 9.47 Å². The van der Waals surface area contributed by atoms with Gasteiger partial charge in [0.2, 0.25) is 5.88 Å². The molecule has 1 aromatic heterocycles. The van der Waals surface area contributed by atoms with Crippen molar-refractivity contribution in [3.8, 4) is 5.88 Å². The van der Waals surface area contributed by atoms with Gasteiger partial charge in [-0.3, -0.25) is 0 Å². The van der Waals surface area contributed by atoms with E-state index in [9.17, 15) is 8.42 Å². The monoisotopic (exact) mass is 327 g/mol. The summed E-state index contributed by atoms with van der Waals surface area (Å²) < 4.78 is 34.9. The second-order valence-electron chi connectivity index (χ2n) is 5.89. The van der Waals surface area contributed by atoms with Crippen molar-refractivity contribution in [1.82, 2.24) is 4.98 Å². The zero-order chi connectivity index (χ0) is 16.0. The molecule has 0 radical (unpaired) electrons. The SMILES string of the molecule is COc1ccc(CS(=O)(=O)CCCC2CCOCC2)c(C)n1. The molecule has 0 unspecified atom stereocenters. The lowest BCUT2D eigenvalue weighted by Gasteiger charge is -2.21. The molecule has 0 spiro atoms. The summed E-state index contributed by atoms with van der Waals surface area (Å²) in [5.41, 5.74) is 1.47. The Hall–Kier alpha value is -1.14.